The molecule has 6 aromatic rings. The second kappa shape index (κ2) is 28.4. The number of nitrogens with zero attached hydrogens (tertiary/aromatic N) is 8. The monoisotopic (exact) mass is 1060 g/mol. The summed E-state index contributed by atoms with van der Waals surface area (Å²) in [4.78, 5) is 46.6. The summed E-state index contributed by atoms with van der Waals surface area (Å²) in [5.74, 6) is -0.909. The number of nitro groups is 2. The maximum Gasteiger partial charge on any atom is 1.00 e. The van der Waals surface area contributed by atoms with E-state index in [0.29, 0.717) is 46.7 Å². The van der Waals surface area contributed by atoms with Crippen molar-refractivity contribution in [1.29, 1.82) is 0 Å². The largest absolute Gasteiger partial charge is 1.00 e. The standard InChI is InChI=1S/2C21H23N5O4.C11H25NO.Cr/c2*1-13-18(20(28)25(24-13)15-8-6-5-7-9-15)23-22-16-10-14(12-21(2,3)4)11-17(19(16)27)26(29)30;1-3-5-7-11(4-2)10-13-9-6-8-12;/h2*5-11,24,27H,12H2,1-4H3;11H,3-10,12H2,1-2H3;/p-1. The molecule has 0 aliphatic carbocycles. The number of hydrogen-bond acceptors (Lipinski definition) is 14. The van der Waals surface area contributed by atoms with Crippen LogP contribution in [0.5, 0.6) is 11.5 Å². The van der Waals surface area contributed by atoms with Crippen LogP contribution >= 0.6 is 0 Å². The Morgan fingerprint density at radius 2 is 1.08 bits per heavy atom. The van der Waals surface area contributed by atoms with Gasteiger partial charge in [-0.1, -0.05) is 111 Å². The number of para-hydroxylation sites is 2. The van der Waals surface area contributed by atoms with Crippen LogP contribution in [-0.4, -0.2) is 49.2 Å². The van der Waals surface area contributed by atoms with E-state index < -0.39 is 43.8 Å². The molecule has 0 saturated carbocycles. The third-order valence-corrected chi connectivity index (χ3v) is 11.1. The molecule has 2 heterocycles. The SMILES string of the molecule is CCCCC(CC)COCCCN.Cc1[nH]n(-c2ccccc2)c(=O)c1N=Nc1cc(CC(C)(C)C)cc([N+](=O)[O-])c1[O-].Cc1[nH]n(-c2ccccc2)c(=O)c1N=Nc1cc(CC(C)(C)C)cc([N+](=O)[O-])c1[O-].[Cr].[H+]. The Morgan fingerprint density at radius 1 is 0.676 bits per heavy atom. The fourth-order valence-electron chi connectivity index (χ4n) is 7.53. The molecule has 0 aliphatic rings. The summed E-state index contributed by atoms with van der Waals surface area (Å²) in [7, 11) is 0. The first-order valence-electron chi connectivity index (χ1n) is 24.3. The summed E-state index contributed by atoms with van der Waals surface area (Å²) in [6.45, 7) is 22.2. The molecule has 0 aliphatic heterocycles. The number of aromatic amines is 2. The van der Waals surface area contributed by atoms with Gasteiger partial charge in [-0.25, -0.2) is 9.36 Å². The van der Waals surface area contributed by atoms with Crippen LogP contribution in [0, 0.1) is 50.8 Å². The average molecular weight is 1060 g/mol. The number of nitrogens with two attached hydrogens (primary N) is 1. The second-order valence-corrected chi connectivity index (χ2v) is 20.1. The molecule has 0 saturated heterocycles. The minimum absolute atomic E-state index is 0. The molecule has 0 radical (unpaired) electrons. The molecule has 0 spiro atoms. The average Bonchev–Trinajstić information content (AvgIpc) is 3.79. The summed E-state index contributed by atoms with van der Waals surface area (Å²) in [6.07, 6.45) is 7.20. The van der Waals surface area contributed by atoms with E-state index in [1.807, 2.05) is 53.7 Å². The smallest absolute Gasteiger partial charge is 0.866 e. The van der Waals surface area contributed by atoms with E-state index >= 15 is 0 Å². The van der Waals surface area contributed by atoms with Gasteiger partial charge < -0.3 is 20.7 Å². The zero-order valence-corrected chi connectivity index (χ0v) is 45.2. The Labute approximate surface area is 443 Å². The number of nitrogens with one attached hydrogen (secondary N) is 2. The molecule has 0 bridgehead atoms. The van der Waals surface area contributed by atoms with Gasteiger partial charge in [0, 0.05) is 54.2 Å². The maximum absolute atomic E-state index is 12.7. The van der Waals surface area contributed by atoms with Crippen LogP contribution in [0.15, 0.2) is 115 Å². The van der Waals surface area contributed by atoms with Crippen LogP contribution in [0.3, 0.4) is 0 Å². The van der Waals surface area contributed by atoms with E-state index in [9.17, 15) is 40.0 Å². The molecule has 1 atom stereocenters. The Kier molecular flexibility index (Phi) is 23.5. The van der Waals surface area contributed by atoms with Crippen molar-refractivity contribution in [3.8, 4) is 22.9 Å². The molecule has 6 rings (SSSR count). The number of benzene rings is 4. The van der Waals surface area contributed by atoms with E-state index in [-0.39, 0.29) is 52.4 Å². The molecular formula is C53H70CrN11O9-. The van der Waals surface area contributed by atoms with Gasteiger partial charge in [0.05, 0.1) is 44.0 Å². The summed E-state index contributed by atoms with van der Waals surface area (Å²) < 4.78 is 8.18. The zero-order valence-electron chi connectivity index (χ0n) is 45.0. The van der Waals surface area contributed by atoms with Gasteiger partial charge >= 0.3 is 1.43 Å². The Morgan fingerprint density at radius 3 is 1.42 bits per heavy atom. The first kappa shape index (κ1) is 61.3. The van der Waals surface area contributed by atoms with E-state index in [2.05, 4.69) is 44.5 Å². The van der Waals surface area contributed by atoms with Crippen molar-refractivity contribution in [3.63, 3.8) is 0 Å². The summed E-state index contributed by atoms with van der Waals surface area (Å²) in [5, 5.41) is 69.1. The quantitative estimate of drug-likeness (QED) is 0.0298. The fraction of sp³-hybridized carbons (Fsp3) is 0.434. The number of hydrogen-bond donors (Lipinski definition) is 3. The molecule has 2 aromatic heterocycles. The number of nitro benzene ring substituents is 2. The third-order valence-electron chi connectivity index (χ3n) is 11.1. The molecular weight excluding hydrogens is 987 g/mol. The summed E-state index contributed by atoms with van der Waals surface area (Å²) >= 11 is 0. The molecule has 0 fully saturated rings. The topological polar surface area (TPSA) is 293 Å². The van der Waals surface area contributed by atoms with Crippen LogP contribution in [0.1, 0.15) is 111 Å². The van der Waals surface area contributed by atoms with E-state index in [1.54, 1.807) is 62.4 Å². The number of unbranched alkanes of at least 4 members (excludes halogenated alkanes) is 1. The molecule has 1 unspecified atom stereocenters. The van der Waals surface area contributed by atoms with Crippen molar-refractivity contribution < 1.29 is 43.6 Å². The predicted octanol–water partition coefficient (Wildman–Crippen LogP) is 11.6. The van der Waals surface area contributed by atoms with Gasteiger partial charge in [-0.3, -0.25) is 40.0 Å². The van der Waals surface area contributed by atoms with Crippen LogP contribution < -0.4 is 27.1 Å². The van der Waals surface area contributed by atoms with Gasteiger partial charge in [-0.05, 0) is 110 Å². The van der Waals surface area contributed by atoms with Gasteiger partial charge in [-0.15, -0.1) is 10.2 Å². The fourth-order valence-corrected chi connectivity index (χ4v) is 7.53. The molecule has 74 heavy (non-hydrogen) atoms. The van der Waals surface area contributed by atoms with E-state index in [1.165, 1.54) is 59.3 Å². The summed E-state index contributed by atoms with van der Waals surface area (Å²) in [5.41, 5.74) is 6.20. The number of aromatic nitrogens is 4. The van der Waals surface area contributed by atoms with Crippen LogP contribution in [0.4, 0.5) is 34.1 Å². The maximum atomic E-state index is 12.7. The number of azo groups is 2. The van der Waals surface area contributed by atoms with Crippen LogP contribution in [-0.2, 0) is 34.9 Å². The van der Waals surface area contributed by atoms with Crippen molar-refractivity contribution in [2.75, 3.05) is 19.8 Å². The Hall–Kier alpha value is -7.05. The van der Waals surface area contributed by atoms with E-state index in [0.717, 1.165) is 32.1 Å². The molecule has 21 heteroatoms. The van der Waals surface area contributed by atoms with E-state index in [4.69, 9.17) is 10.5 Å². The normalized spacial score (nSPS) is 11.9. The molecule has 4 aromatic carbocycles. The van der Waals surface area contributed by atoms with Crippen molar-refractivity contribution in [2.45, 2.75) is 114 Å². The van der Waals surface area contributed by atoms with Gasteiger partial charge in [0.2, 0.25) is 0 Å². The minimum atomic E-state index is -0.835. The minimum Gasteiger partial charge on any atom is -0.866 e. The van der Waals surface area contributed by atoms with Gasteiger partial charge in [0.1, 0.15) is 0 Å². The Balaban J connectivity index is 0.000000409. The predicted molar refractivity (Wildman–Crippen MR) is 281 cm³/mol. The van der Waals surface area contributed by atoms with Crippen molar-refractivity contribution >= 4 is 34.1 Å². The second-order valence-electron chi connectivity index (χ2n) is 20.1. The molecule has 20 nitrogen and oxygen atoms in total. The number of H-pyrrole nitrogens is 2. The first-order valence-corrected chi connectivity index (χ1v) is 24.3. The van der Waals surface area contributed by atoms with Crippen molar-refractivity contribution in [2.24, 2.45) is 42.9 Å². The zero-order chi connectivity index (χ0) is 54.0. The van der Waals surface area contributed by atoms with Gasteiger partial charge in [0.25, 0.3) is 22.5 Å². The van der Waals surface area contributed by atoms with Crippen LogP contribution in [0.2, 0.25) is 0 Å². The number of ether oxygens (including phenoxy) is 1. The van der Waals surface area contributed by atoms with Gasteiger partial charge in [-0.2, -0.15) is 10.2 Å². The summed E-state index contributed by atoms with van der Waals surface area (Å²) in [6, 6.07) is 23.4. The Bertz CT molecular complexity index is 2770. The first-order chi connectivity index (χ1) is 34.5. The molecule has 0 amide bonds. The number of rotatable bonds is 19. The van der Waals surface area contributed by atoms with Crippen LogP contribution in [0.25, 0.3) is 11.4 Å². The van der Waals surface area contributed by atoms with Gasteiger partial charge in [0.15, 0.2) is 11.4 Å². The van der Waals surface area contributed by atoms with Crippen molar-refractivity contribution in [1.82, 2.24) is 19.6 Å². The molecule has 4 N–H and O–H groups in total. The third kappa shape index (κ3) is 18.2. The molecule has 398 valence electrons. The van der Waals surface area contributed by atoms with Crippen molar-refractivity contribution in [3.05, 3.63) is 148 Å². The number of aryl methyl sites for hydroxylation is 2.